The van der Waals surface area contributed by atoms with E-state index in [4.69, 9.17) is 4.52 Å². The summed E-state index contributed by atoms with van der Waals surface area (Å²) in [7, 11) is 0. The third kappa shape index (κ3) is 2.98. The number of hydrogen-bond acceptors (Lipinski definition) is 4. The third-order valence-corrected chi connectivity index (χ3v) is 4.62. The van der Waals surface area contributed by atoms with Crippen LogP contribution in [0.4, 0.5) is 10.1 Å². The molecule has 0 N–H and O–H groups in total. The van der Waals surface area contributed by atoms with Gasteiger partial charge in [-0.3, -0.25) is 4.79 Å². The zero-order chi connectivity index (χ0) is 18.3. The molecule has 1 atom stereocenters. The van der Waals surface area contributed by atoms with Crippen molar-refractivity contribution < 1.29 is 13.7 Å². The van der Waals surface area contributed by atoms with Crippen LogP contribution in [-0.4, -0.2) is 22.6 Å². The normalized spacial score (nSPS) is 17.1. The largest absolute Gasteiger partial charge is 0.339 e. The number of rotatable bonds is 3. The summed E-state index contributed by atoms with van der Waals surface area (Å²) in [6.45, 7) is 4.20. The Balaban J connectivity index is 1.58. The van der Waals surface area contributed by atoms with Gasteiger partial charge in [0.2, 0.25) is 17.6 Å². The average Bonchev–Trinajstić information content (AvgIpc) is 3.25. The zero-order valence-electron chi connectivity index (χ0n) is 14.6. The molecule has 3 aromatic rings. The second kappa shape index (κ2) is 6.37. The van der Waals surface area contributed by atoms with Crippen LogP contribution in [0.5, 0.6) is 0 Å². The quantitative estimate of drug-likeness (QED) is 0.715. The minimum absolute atomic E-state index is 0.144. The zero-order valence-corrected chi connectivity index (χ0v) is 14.6. The van der Waals surface area contributed by atoms with Crippen molar-refractivity contribution in [1.29, 1.82) is 0 Å². The fraction of sp³-hybridized carbons (Fsp3) is 0.250. The van der Waals surface area contributed by atoms with Gasteiger partial charge in [-0.2, -0.15) is 4.98 Å². The molecule has 0 aliphatic carbocycles. The minimum Gasteiger partial charge on any atom is -0.339 e. The van der Waals surface area contributed by atoms with Gasteiger partial charge in [-0.05, 0) is 31.5 Å². The molecule has 4 rings (SSSR count). The summed E-state index contributed by atoms with van der Waals surface area (Å²) in [5.74, 6) is 0.108. The Hall–Kier alpha value is -3.02. The summed E-state index contributed by atoms with van der Waals surface area (Å²) >= 11 is 0. The second-order valence-corrected chi connectivity index (χ2v) is 6.68. The predicted octanol–water partition coefficient (Wildman–Crippen LogP) is 4.01. The van der Waals surface area contributed by atoms with E-state index in [-0.39, 0.29) is 18.2 Å². The molecule has 1 amide bonds. The van der Waals surface area contributed by atoms with Crippen LogP contribution < -0.4 is 4.90 Å². The number of benzene rings is 2. The van der Waals surface area contributed by atoms with E-state index in [1.807, 2.05) is 38.1 Å². The van der Waals surface area contributed by atoms with E-state index in [2.05, 4.69) is 10.1 Å². The van der Waals surface area contributed by atoms with Gasteiger partial charge in [-0.15, -0.1) is 0 Å². The highest BCUT2D eigenvalue weighted by atomic mass is 19.1. The van der Waals surface area contributed by atoms with Gasteiger partial charge in [0, 0.05) is 18.5 Å². The smallest absolute Gasteiger partial charge is 0.232 e. The van der Waals surface area contributed by atoms with E-state index in [0.29, 0.717) is 23.9 Å². The maximum atomic E-state index is 14.1. The Morgan fingerprint density at radius 3 is 2.62 bits per heavy atom. The van der Waals surface area contributed by atoms with Crippen molar-refractivity contribution in [3.8, 4) is 11.4 Å². The van der Waals surface area contributed by atoms with Crippen LogP contribution in [0.1, 0.15) is 29.4 Å². The molecule has 1 fully saturated rings. The number of carbonyl (C=O) groups excluding carboxylic acids is 1. The van der Waals surface area contributed by atoms with Gasteiger partial charge in [0.1, 0.15) is 5.82 Å². The highest BCUT2D eigenvalue weighted by Crippen LogP contribution is 2.33. The van der Waals surface area contributed by atoms with Crippen LogP contribution in [0.3, 0.4) is 0 Å². The van der Waals surface area contributed by atoms with Gasteiger partial charge < -0.3 is 9.42 Å². The molecular weight excluding hydrogens is 333 g/mol. The Labute approximate surface area is 150 Å². The molecule has 2 heterocycles. The topological polar surface area (TPSA) is 59.2 Å². The number of aromatic nitrogens is 2. The molecule has 5 nitrogen and oxygen atoms in total. The molecule has 132 valence electrons. The summed E-state index contributed by atoms with van der Waals surface area (Å²) in [6.07, 6.45) is 0.225. The molecule has 2 aromatic carbocycles. The van der Waals surface area contributed by atoms with Gasteiger partial charge in [-0.25, -0.2) is 4.39 Å². The van der Waals surface area contributed by atoms with Gasteiger partial charge in [0.25, 0.3) is 0 Å². The predicted molar refractivity (Wildman–Crippen MR) is 95.3 cm³/mol. The van der Waals surface area contributed by atoms with Crippen molar-refractivity contribution in [3.05, 3.63) is 65.3 Å². The summed E-state index contributed by atoms with van der Waals surface area (Å²) in [4.78, 5) is 18.3. The highest BCUT2D eigenvalue weighted by Gasteiger charge is 2.36. The van der Waals surface area contributed by atoms with Crippen LogP contribution in [-0.2, 0) is 4.79 Å². The second-order valence-electron chi connectivity index (χ2n) is 6.68. The van der Waals surface area contributed by atoms with Crippen molar-refractivity contribution >= 4 is 11.6 Å². The Bertz CT molecular complexity index is 965. The first-order valence-electron chi connectivity index (χ1n) is 8.48. The number of aryl methyl sites for hydroxylation is 2. The molecule has 1 aromatic heterocycles. The molecule has 6 heteroatoms. The summed E-state index contributed by atoms with van der Waals surface area (Å²) < 4.78 is 19.5. The van der Waals surface area contributed by atoms with Crippen molar-refractivity contribution in [1.82, 2.24) is 10.1 Å². The summed E-state index contributed by atoms with van der Waals surface area (Å²) in [5, 5.41) is 4.03. The van der Waals surface area contributed by atoms with Gasteiger partial charge in [-0.1, -0.05) is 41.1 Å². The fourth-order valence-corrected chi connectivity index (χ4v) is 3.16. The van der Waals surface area contributed by atoms with E-state index < -0.39 is 5.82 Å². The minimum atomic E-state index is -0.407. The van der Waals surface area contributed by atoms with E-state index in [1.54, 1.807) is 12.1 Å². The Morgan fingerprint density at radius 2 is 1.85 bits per heavy atom. The van der Waals surface area contributed by atoms with Crippen molar-refractivity contribution in [3.63, 3.8) is 0 Å². The van der Waals surface area contributed by atoms with Crippen LogP contribution in [0.25, 0.3) is 11.4 Å². The van der Waals surface area contributed by atoms with E-state index in [0.717, 1.165) is 16.7 Å². The van der Waals surface area contributed by atoms with Crippen molar-refractivity contribution in [2.24, 2.45) is 0 Å². The summed E-state index contributed by atoms with van der Waals surface area (Å²) in [5.41, 5.74) is 3.21. The molecule has 0 radical (unpaired) electrons. The standard InChI is InChI=1S/C20H18FN3O2/c1-12-3-6-14(7-4-12)19-22-20(26-23-19)15-10-18(25)24(11-15)17-9-13(2)5-8-16(17)21/h3-9,15H,10-11H2,1-2H3. The Morgan fingerprint density at radius 1 is 1.12 bits per heavy atom. The van der Waals surface area contributed by atoms with Gasteiger partial charge in [0.15, 0.2) is 0 Å². The van der Waals surface area contributed by atoms with Crippen molar-refractivity contribution in [2.75, 3.05) is 11.4 Å². The number of carbonyl (C=O) groups is 1. The Kier molecular flexibility index (Phi) is 4.03. The fourth-order valence-electron chi connectivity index (χ4n) is 3.16. The first-order valence-corrected chi connectivity index (χ1v) is 8.48. The maximum Gasteiger partial charge on any atom is 0.232 e. The van der Waals surface area contributed by atoms with Crippen LogP contribution in [0.2, 0.25) is 0 Å². The molecule has 0 bridgehead atoms. The maximum absolute atomic E-state index is 14.1. The molecule has 0 spiro atoms. The first kappa shape index (κ1) is 16.4. The molecule has 1 aliphatic rings. The lowest BCUT2D eigenvalue weighted by Gasteiger charge is -2.17. The third-order valence-electron chi connectivity index (χ3n) is 4.62. The first-order chi connectivity index (χ1) is 12.5. The molecular formula is C20H18FN3O2. The number of halogens is 1. The molecule has 1 unspecified atom stereocenters. The lowest BCUT2D eigenvalue weighted by Crippen LogP contribution is -2.25. The molecule has 1 aliphatic heterocycles. The monoisotopic (exact) mass is 351 g/mol. The number of hydrogen-bond donors (Lipinski definition) is 0. The van der Waals surface area contributed by atoms with E-state index in [1.165, 1.54) is 11.0 Å². The van der Waals surface area contributed by atoms with Crippen LogP contribution in [0, 0.1) is 19.7 Å². The molecule has 26 heavy (non-hydrogen) atoms. The van der Waals surface area contributed by atoms with Crippen LogP contribution >= 0.6 is 0 Å². The number of nitrogens with zero attached hydrogens (tertiary/aromatic N) is 3. The number of anilines is 1. The van der Waals surface area contributed by atoms with E-state index in [9.17, 15) is 9.18 Å². The lowest BCUT2D eigenvalue weighted by molar-refractivity contribution is -0.117. The molecule has 0 saturated carbocycles. The number of amides is 1. The summed E-state index contributed by atoms with van der Waals surface area (Å²) in [6, 6.07) is 12.6. The van der Waals surface area contributed by atoms with E-state index >= 15 is 0 Å². The van der Waals surface area contributed by atoms with Crippen LogP contribution in [0.15, 0.2) is 47.0 Å². The average molecular weight is 351 g/mol. The van der Waals surface area contributed by atoms with Gasteiger partial charge >= 0.3 is 0 Å². The van der Waals surface area contributed by atoms with Gasteiger partial charge in [0.05, 0.1) is 11.6 Å². The SMILES string of the molecule is Cc1ccc(-c2noc(C3CC(=O)N(c4cc(C)ccc4F)C3)n2)cc1. The highest BCUT2D eigenvalue weighted by molar-refractivity contribution is 5.96. The van der Waals surface area contributed by atoms with Crippen molar-refractivity contribution in [2.45, 2.75) is 26.2 Å². The molecule has 1 saturated heterocycles. The lowest BCUT2D eigenvalue weighted by atomic mass is 10.1.